The van der Waals surface area contributed by atoms with E-state index < -0.39 is 32.7 Å². The van der Waals surface area contributed by atoms with Gasteiger partial charge in [-0.3, -0.25) is 14.9 Å². The SMILES string of the molecule is COC(=O)C1CCCCN1S(=O)(=O)Cc1ccccc1[N+](=O)[O-]. The molecule has 2 rings (SSSR count). The molecule has 1 aliphatic rings. The van der Waals surface area contributed by atoms with E-state index in [2.05, 4.69) is 4.74 Å². The van der Waals surface area contributed by atoms with Gasteiger partial charge in [-0.1, -0.05) is 18.2 Å². The molecular weight excluding hydrogens is 324 g/mol. The van der Waals surface area contributed by atoms with Crippen molar-refractivity contribution in [3.8, 4) is 0 Å². The molecule has 1 aliphatic heterocycles. The topological polar surface area (TPSA) is 107 Å². The van der Waals surface area contributed by atoms with E-state index in [0.29, 0.717) is 12.8 Å². The van der Waals surface area contributed by atoms with Crippen molar-refractivity contribution in [1.82, 2.24) is 4.31 Å². The van der Waals surface area contributed by atoms with Gasteiger partial charge in [0.2, 0.25) is 10.0 Å². The Balaban J connectivity index is 2.30. The predicted molar refractivity (Wildman–Crippen MR) is 82.1 cm³/mol. The van der Waals surface area contributed by atoms with E-state index in [1.807, 2.05) is 0 Å². The average Bonchev–Trinajstić information content (AvgIpc) is 2.54. The number of nitro benzene ring substituents is 1. The second kappa shape index (κ2) is 7.05. The third-order valence-electron chi connectivity index (χ3n) is 3.81. The van der Waals surface area contributed by atoms with Crippen LogP contribution in [0, 0.1) is 10.1 Å². The second-order valence-corrected chi connectivity index (χ2v) is 7.21. The minimum absolute atomic E-state index is 0.103. The van der Waals surface area contributed by atoms with E-state index >= 15 is 0 Å². The number of nitrogens with zero attached hydrogens (tertiary/aromatic N) is 2. The number of ether oxygens (including phenoxy) is 1. The summed E-state index contributed by atoms with van der Waals surface area (Å²) in [4.78, 5) is 22.2. The smallest absolute Gasteiger partial charge is 0.324 e. The lowest BCUT2D eigenvalue weighted by molar-refractivity contribution is -0.385. The molecule has 0 radical (unpaired) electrons. The lowest BCUT2D eigenvalue weighted by Gasteiger charge is -2.32. The fourth-order valence-corrected chi connectivity index (χ4v) is 4.49. The molecule has 1 aromatic rings. The van der Waals surface area contributed by atoms with Gasteiger partial charge < -0.3 is 4.74 Å². The van der Waals surface area contributed by atoms with Crippen LogP contribution in [-0.2, 0) is 25.3 Å². The van der Waals surface area contributed by atoms with Gasteiger partial charge in [-0.2, -0.15) is 4.31 Å². The monoisotopic (exact) mass is 342 g/mol. The number of benzene rings is 1. The van der Waals surface area contributed by atoms with Crippen molar-refractivity contribution in [2.24, 2.45) is 0 Å². The van der Waals surface area contributed by atoms with Gasteiger partial charge in [-0.05, 0) is 19.3 Å². The Bertz CT molecular complexity index is 703. The molecule has 0 aliphatic carbocycles. The maximum atomic E-state index is 12.7. The van der Waals surface area contributed by atoms with Gasteiger partial charge in [0.1, 0.15) is 6.04 Å². The van der Waals surface area contributed by atoms with E-state index in [9.17, 15) is 23.3 Å². The van der Waals surface area contributed by atoms with Gasteiger partial charge in [0.05, 0.1) is 17.8 Å². The van der Waals surface area contributed by atoms with Crippen LogP contribution < -0.4 is 0 Å². The number of rotatable bonds is 5. The number of hydrogen-bond donors (Lipinski definition) is 0. The molecule has 1 fully saturated rings. The Labute approximate surface area is 134 Å². The van der Waals surface area contributed by atoms with Gasteiger partial charge >= 0.3 is 5.97 Å². The minimum Gasteiger partial charge on any atom is -0.468 e. The molecule has 1 saturated heterocycles. The van der Waals surface area contributed by atoms with Crippen LogP contribution in [0.3, 0.4) is 0 Å². The summed E-state index contributed by atoms with van der Waals surface area (Å²) in [6.07, 6.45) is 1.77. The number of carbonyl (C=O) groups excluding carboxylic acids is 1. The molecule has 0 aromatic heterocycles. The van der Waals surface area contributed by atoms with Crippen molar-refractivity contribution in [3.63, 3.8) is 0 Å². The van der Waals surface area contributed by atoms with Gasteiger partial charge in [0.25, 0.3) is 5.69 Å². The summed E-state index contributed by atoms with van der Waals surface area (Å²) in [6.45, 7) is 0.211. The van der Waals surface area contributed by atoms with Crippen molar-refractivity contribution < 1.29 is 22.9 Å². The standard InChI is InChI=1S/C14H18N2O6S/c1-22-14(17)13-8-4-5-9-15(13)23(20,21)10-11-6-2-3-7-12(11)16(18)19/h2-3,6-7,13H,4-5,8-10H2,1H3. The van der Waals surface area contributed by atoms with Gasteiger partial charge in [0.15, 0.2) is 0 Å². The normalized spacial score (nSPS) is 19.3. The van der Waals surface area contributed by atoms with Gasteiger partial charge in [0, 0.05) is 18.2 Å². The van der Waals surface area contributed by atoms with Crippen LogP contribution in [0.1, 0.15) is 24.8 Å². The lowest BCUT2D eigenvalue weighted by atomic mass is 10.1. The third-order valence-corrected chi connectivity index (χ3v) is 5.64. The molecule has 0 spiro atoms. The minimum atomic E-state index is -3.87. The van der Waals surface area contributed by atoms with Crippen molar-refractivity contribution >= 4 is 21.7 Å². The van der Waals surface area contributed by atoms with E-state index in [0.717, 1.165) is 10.7 Å². The summed E-state index contributed by atoms with van der Waals surface area (Å²) < 4.78 is 31.1. The third kappa shape index (κ3) is 3.85. The van der Waals surface area contributed by atoms with Crippen LogP contribution >= 0.6 is 0 Å². The predicted octanol–water partition coefficient (Wildman–Crippen LogP) is 1.45. The lowest BCUT2D eigenvalue weighted by Crippen LogP contribution is -2.48. The fraction of sp³-hybridized carbons (Fsp3) is 0.500. The van der Waals surface area contributed by atoms with Crippen molar-refractivity contribution in [3.05, 3.63) is 39.9 Å². The summed E-state index contributed by atoms with van der Waals surface area (Å²) in [7, 11) is -2.66. The highest BCUT2D eigenvalue weighted by Gasteiger charge is 2.38. The first-order chi connectivity index (χ1) is 10.9. The second-order valence-electron chi connectivity index (χ2n) is 5.29. The maximum absolute atomic E-state index is 12.7. The zero-order valence-corrected chi connectivity index (χ0v) is 13.5. The Hall–Kier alpha value is -2.00. The van der Waals surface area contributed by atoms with Gasteiger partial charge in [-0.25, -0.2) is 8.42 Å². The zero-order valence-electron chi connectivity index (χ0n) is 12.7. The summed E-state index contributed by atoms with van der Waals surface area (Å²) in [6, 6.07) is 4.84. The first-order valence-electron chi connectivity index (χ1n) is 7.16. The number of para-hydroxylation sites is 1. The Morgan fingerprint density at radius 2 is 2.09 bits per heavy atom. The molecule has 1 heterocycles. The molecule has 1 aromatic carbocycles. The zero-order chi connectivity index (χ0) is 17.0. The molecule has 8 nitrogen and oxygen atoms in total. The highest BCUT2D eigenvalue weighted by molar-refractivity contribution is 7.88. The highest BCUT2D eigenvalue weighted by Crippen LogP contribution is 2.26. The van der Waals surface area contributed by atoms with E-state index in [1.165, 1.54) is 25.3 Å². The van der Waals surface area contributed by atoms with E-state index in [1.54, 1.807) is 6.07 Å². The van der Waals surface area contributed by atoms with Crippen molar-refractivity contribution in [2.45, 2.75) is 31.1 Å². The first-order valence-corrected chi connectivity index (χ1v) is 8.77. The molecule has 0 bridgehead atoms. The molecule has 23 heavy (non-hydrogen) atoms. The quantitative estimate of drug-likeness (QED) is 0.455. The van der Waals surface area contributed by atoms with Crippen molar-refractivity contribution in [1.29, 1.82) is 0 Å². The van der Waals surface area contributed by atoms with E-state index in [-0.39, 0.29) is 17.8 Å². The summed E-state index contributed by atoms with van der Waals surface area (Å²) >= 11 is 0. The fourth-order valence-electron chi connectivity index (χ4n) is 2.70. The number of esters is 1. The number of hydrogen-bond acceptors (Lipinski definition) is 6. The summed E-state index contributed by atoms with van der Waals surface area (Å²) in [5, 5.41) is 11.0. The van der Waals surface area contributed by atoms with Crippen LogP contribution in [0.2, 0.25) is 0 Å². The average molecular weight is 342 g/mol. The van der Waals surface area contributed by atoms with Crippen LogP contribution in [0.15, 0.2) is 24.3 Å². The molecule has 0 saturated carbocycles. The Morgan fingerprint density at radius 1 is 1.39 bits per heavy atom. The molecule has 9 heteroatoms. The number of piperidine rings is 1. The first kappa shape index (κ1) is 17.4. The number of methoxy groups -OCH3 is 1. The van der Waals surface area contributed by atoms with Crippen LogP contribution in [0.4, 0.5) is 5.69 Å². The highest BCUT2D eigenvalue weighted by atomic mass is 32.2. The van der Waals surface area contributed by atoms with Crippen molar-refractivity contribution in [2.75, 3.05) is 13.7 Å². The molecule has 0 N–H and O–H groups in total. The van der Waals surface area contributed by atoms with Crippen LogP contribution in [0.5, 0.6) is 0 Å². The Morgan fingerprint density at radius 3 is 2.74 bits per heavy atom. The molecule has 0 amide bonds. The van der Waals surface area contributed by atoms with Gasteiger partial charge in [-0.15, -0.1) is 0 Å². The largest absolute Gasteiger partial charge is 0.468 e. The Kier molecular flexibility index (Phi) is 5.32. The molecule has 1 unspecified atom stereocenters. The summed E-state index contributed by atoms with van der Waals surface area (Å²) in [5.41, 5.74) is -0.144. The molecule has 1 atom stereocenters. The number of carbonyl (C=O) groups is 1. The summed E-state index contributed by atoms with van der Waals surface area (Å²) in [5.74, 6) is -1.12. The number of nitro groups is 1. The molecular formula is C14H18N2O6S. The van der Waals surface area contributed by atoms with Crippen LogP contribution in [-0.4, -0.2) is 43.3 Å². The molecule has 126 valence electrons. The van der Waals surface area contributed by atoms with Crippen LogP contribution in [0.25, 0.3) is 0 Å². The maximum Gasteiger partial charge on any atom is 0.324 e. The number of sulfonamides is 1. The van der Waals surface area contributed by atoms with E-state index in [4.69, 9.17) is 0 Å².